The van der Waals surface area contributed by atoms with Crippen molar-refractivity contribution in [2.75, 3.05) is 0 Å². The minimum atomic E-state index is -1.16. The summed E-state index contributed by atoms with van der Waals surface area (Å²) in [7, 11) is 0. The van der Waals surface area contributed by atoms with Crippen LogP contribution in [0.2, 0.25) is 22.3 Å². The van der Waals surface area contributed by atoms with Crippen LogP contribution in [0.15, 0.2) is 0 Å². The molecular weight excluding hydrogens is 655 g/mol. The number of halogens is 3. The summed E-state index contributed by atoms with van der Waals surface area (Å²) >= 11 is 10.7. The molecule has 0 aromatic rings. The Labute approximate surface area is 101 Å². The molecule has 0 spiro atoms. The molecule has 0 aromatic heterocycles. The summed E-state index contributed by atoms with van der Waals surface area (Å²) < 4.78 is 0. The van der Waals surface area contributed by atoms with Gasteiger partial charge in [0.2, 0.25) is 0 Å². The van der Waals surface area contributed by atoms with Crippen molar-refractivity contribution in [3.63, 3.8) is 0 Å². The maximum absolute atomic E-state index is 3.31. The molecule has 6 heteroatoms. The summed E-state index contributed by atoms with van der Waals surface area (Å²) in [6.07, 6.45) is 0. The molecule has 0 aromatic carbocycles. The van der Waals surface area contributed by atoms with E-state index in [1.54, 1.807) is 0 Å². The summed E-state index contributed by atoms with van der Waals surface area (Å²) in [5, 5.41) is 3.01. The molecule has 0 bridgehead atoms. The van der Waals surface area contributed by atoms with E-state index < -0.39 is 14.7 Å². The van der Waals surface area contributed by atoms with Crippen molar-refractivity contribution in [2.24, 2.45) is 0 Å². The van der Waals surface area contributed by atoms with Crippen LogP contribution in [0.3, 0.4) is 0 Å². The third kappa shape index (κ3) is 30.1. The molecule has 0 atom stereocenters. The fourth-order valence-corrected chi connectivity index (χ4v) is 4.50. The van der Waals surface area contributed by atoms with Crippen molar-refractivity contribution in [1.82, 2.24) is 0 Å². The van der Waals surface area contributed by atoms with E-state index in [9.17, 15) is 0 Å². The molecule has 0 aliphatic rings. The number of rotatable bonds is 3. The van der Waals surface area contributed by atoms with Crippen molar-refractivity contribution in [3.8, 4) is 0 Å². The van der Waals surface area contributed by atoms with E-state index in [0.29, 0.717) is 0 Å². The summed E-state index contributed by atoms with van der Waals surface area (Å²) in [6.45, 7) is 0. The van der Waals surface area contributed by atoms with Gasteiger partial charge in [-0.2, -0.15) is 0 Å². The first-order valence-corrected chi connectivity index (χ1v) is 30.9. The minimum absolute atomic E-state index is 0.942. The van der Waals surface area contributed by atoms with Gasteiger partial charge in [0, 0.05) is 0 Å². The molecule has 0 unspecified atom stereocenters. The van der Waals surface area contributed by atoms with Crippen molar-refractivity contribution in [1.29, 1.82) is 0 Å². The van der Waals surface area contributed by atoms with E-state index in [1.165, 1.54) is 10.6 Å². The predicted octanol–water partition coefficient (Wildman–Crippen LogP) is 3.48. The van der Waals surface area contributed by atoms with Gasteiger partial charge in [-0.15, -0.1) is 0 Å². The van der Waals surface area contributed by atoms with Crippen LogP contribution in [0.5, 0.6) is 0 Å². The van der Waals surface area contributed by atoms with Crippen LogP contribution in [-0.4, -0.2) is 44.6 Å². The van der Waals surface area contributed by atoms with E-state index in [1.807, 2.05) is 0 Å². The van der Waals surface area contributed by atoms with Gasteiger partial charge < -0.3 is 0 Å². The molecule has 0 amide bonds. The van der Waals surface area contributed by atoms with Crippen LogP contribution in [0.4, 0.5) is 0 Å². The van der Waals surface area contributed by atoms with E-state index in [-0.39, 0.29) is 0 Å². The van der Waals surface area contributed by atoms with Gasteiger partial charge in [0.05, 0.1) is 0 Å². The van der Waals surface area contributed by atoms with Crippen LogP contribution in [0.25, 0.3) is 0 Å². The Kier molecular flexibility index (Phi) is 23.5. The third-order valence-corrected chi connectivity index (χ3v) is 4.37. The van der Waals surface area contributed by atoms with Crippen LogP contribution >= 0.6 is 36.7 Å². The summed E-state index contributed by atoms with van der Waals surface area (Å²) in [6, 6.07) is 0. The zero-order valence-corrected chi connectivity index (χ0v) is 17.5. The molecule has 0 radical (unpaired) electrons. The van der Waals surface area contributed by atoms with E-state index in [4.69, 9.17) is 0 Å². The van der Waals surface area contributed by atoms with Gasteiger partial charge in [-0.05, 0) is 0 Å². The fourth-order valence-electron chi connectivity index (χ4n) is 0.167. The van der Waals surface area contributed by atoms with Crippen molar-refractivity contribution in [2.45, 2.75) is 22.3 Å². The zero-order chi connectivity index (χ0) is 8.41. The molecule has 64 valence electrons. The van der Waals surface area contributed by atoms with Gasteiger partial charge in [-0.3, -0.25) is 0 Å². The summed E-state index contributed by atoms with van der Waals surface area (Å²) in [4.78, 5) is 0. The molecule has 10 heavy (non-hydrogen) atoms. The maximum atomic E-state index is 3.31. The van der Waals surface area contributed by atoms with E-state index in [0.717, 1.165) is 29.9 Å². The first kappa shape index (κ1) is 15.8. The average Bonchev–Trinajstić information content (AvgIpc) is 1.82. The topological polar surface area (TPSA) is 0 Å². The van der Waals surface area contributed by atoms with Crippen molar-refractivity contribution in [3.05, 3.63) is 0 Å². The van der Waals surface area contributed by atoms with Crippen LogP contribution in [0, 0.1) is 0 Å². The van der Waals surface area contributed by atoms with Gasteiger partial charge in [-0.1, -0.05) is 0 Å². The van der Waals surface area contributed by atoms with Crippen molar-refractivity contribution >= 4 is 81.3 Å². The predicted molar refractivity (Wildman–Crippen MR) is 65.4 cm³/mol. The second-order valence-electron chi connectivity index (χ2n) is 1.18. The Balaban J connectivity index is 0. The Morgan fingerprint density at radius 3 is 1.30 bits per heavy atom. The molecule has 0 N–H and O–H groups in total. The monoisotopic (exact) mass is 664 g/mol. The van der Waals surface area contributed by atoms with E-state index >= 15 is 0 Å². The molecule has 0 nitrogen and oxygen atoms in total. The second-order valence-corrected chi connectivity index (χ2v) is 50.5. The number of hydrogen-bond donors (Lipinski definition) is 0. The molecule has 0 fully saturated rings. The summed E-state index contributed by atoms with van der Waals surface area (Å²) in [5.41, 5.74) is 0. The first-order chi connectivity index (χ1) is 4.65. The van der Waals surface area contributed by atoms with Crippen LogP contribution < -0.4 is 0 Å². The Hall–Kier alpha value is 3.36. The molecular formula is C4H10BiBr3Se2. The van der Waals surface area contributed by atoms with E-state index in [2.05, 4.69) is 48.3 Å². The molecule has 0 saturated carbocycles. The SMILES string of the molecule is C[Se]CC[Se]C.[Br][Bi]([Br])[Br]. The Bertz CT molecular complexity index is 49.0. The van der Waals surface area contributed by atoms with Gasteiger partial charge in [0.1, 0.15) is 0 Å². The fraction of sp³-hybridized carbons (Fsp3) is 1.00. The van der Waals surface area contributed by atoms with Gasteiger partial charge in [-0.25, -0.2) is 0 Å². The molecule has 0 saturated heterocycles. The second kappa shape index (κ2) is 14.9. The zero-order valence-electron chi connectivity index (χ0n) is 5.81. The van der Waals surface area contributed by atoms with Crippen molar-refractivity contribution < 1.29 is 0 Å². The Morgan fingerprint density at radius 2 is 1.20 bits per heavy atom. The standard InChI is InChI=1S/C4H10Se2.Bi.3BrH/c1-5-3-4-6-2;;;;/h3-4H2,1-2H3;;3*1H/q;+3;;;/p-3. The Morgan fingerprint density at radius 1 is 1.00 bits per heavy atom. The normalized spacial score (nSPS) is 9.00. The third-order valence-electron chi connectivity index (χ3n) is 0.492. The molecule has 0 heterocycles. The average molecular weight is 665 g/mol. The van der Waals surface area contributed by atoms with Crippen LogP contribution in [0.1, 0.15) is 0 Å². The first-order valence-electron chi connectivity index (χ1n) is 2.40. The van der Waals surface area contributed by atoms with Gasteiger partial charge >= 0.3 is 104 Å². The molecule has 0 aliphatic heterocycles. The molecule has 0 aliphatic carbocycles. The molecule has 0 rings (SSSR count). The number of hydrogen-bond acceptors (Lipinski definition) is 0. The summed E-state index contributed by atoms with van der Waals surface area (Å²) in [5.74, 6) is 4.61. The van der Waals surface area contributed by atoms with Crippen LogP contribution in [-0.2, 0) is 0 Å². The van der Waals surface area contributed by atoms with Gasteiger partial charge in [0.15, 0.2) is 0 Å². The van der Waals surface area contributed by atoms with Gasteiger partial charge in [0.25, 0.3) is 0 Å². The quantitative estimate of drug-likeness (QED) is 0.321.